The van der Waals surface area contributed by atoms with E-state index in [4.69, 9.17) is 9.47 Å². The molecule has 0 saturated carbocycles. The lowest BCUT2D eigenvalue weighted by atomic mass is 10.1. The molecule has 3 rings (SSSR count). The van der Waals surface area contributed by atoms with Gasteiger partial charge in [0.2, 0.25) is 5.88 Å². The molecule has 1 aromatic carbocycles. The van der Waals surface area contributed by atoms with Crippen LogP contribution >= 0.6 is 0 Å². The van der Waals surface area contributed by atoms with E-state index < -0.39 is 5.97 Å². The Morgan fingerprint density at radius 1 is 1.40 bits per heavy atom. The van der Waals surface area contributed by atoms with Crippen molar-refractivity contribution in [3.63, 3.8) is 0 Å². The Hall–Kier alpha value is -2.30. The maximum Gasteiger partial charge on any atom is 0.344 e. The molecule has 5 nitrogen and oxygen atoms in total. The van der Waals surface area contributed by atoms with E-state index in [1.807, 2.05) is 6.92 Å². The van der Waals surface area contributed by atoms with Gasteiger partial charge in [-0.15, -0.1) is 0 Å². The van der Waals surface area contributed by atoms with E-state index in [1.165, 1.54) is 4.57 Å². The number of hydrogen-bond donors (Lipinski definition) is 0. The van der Waals surface area contributed by atoms with Crippen molar-refractivity contribution in [2.24, 2.45) is 0 Å². The summed E-state index contributed by atoms with van der Waals surface area (Å²) in [4.78, 5) is 24.6. The molecule has 104 valence electrons. The predicted octanol–water partition coefficient (Wildman–Crippen LogP) is 1.96. The first-order valence-corrected chi connectivity index (χ1v) is 6.62. The summed E-state index contributed by atoms with van der Waals surface area (Å²) in [5, 5.41) is 1.09. The fourth-order valence-electron chi connectivity index (χ4n) is 2.55. The van der Waals surface area contributed by atoms with Crippen LogP contribution in [0.2, 0.25) is 0 Å². The van der Waals surface area contributed by atoms with Crippen LogP contribution in [0.15, 0.2) is 29.1 Å². The molecule has 0 fully saturated rings. The first-order valence-electron chi connectivity index (χ1n) is 6.62. The van der Waals surface area contributed by atoms with Crippen LogP contribution in [0.4, 0.5) is 0 Å². The van der Waals surface area contributed by atoms with Crippen LogP contribution in [-0.2, 0) is 11.3 Å². The number of aromatic nitrogens is 1. The second-order valence-corrected chi connectivity index (χ2v) is 4.79. The van der Waals surface area contributed by atoms with Gasteiger partial charge >= 0.3 is 5.97 Å². The molecule has 1 aromatic heterocycles. The summed E-state index contributed by atoms with van der Waals surface area (Å²) < 4.78 is 12.3. The largest absolute Gasteiger partial charge is 0.473 e. The summed E-state index contributed by atoms with van der Waals surface area (Å²) >= 11 is 0. The van der Waals surface area contributed by atoms with Gasteiger partial charge in [-0.05, 0) is 19.9 Å². The third-order valence-corrected chi connectivity index (χ3v) is 3.36. The summed E-state index contributed by atoms with van der Waals surface area (Å²) in [7, 11) is 0. The van der Waals surface area contributed by atoms with Crippen molar-refractivity contribution in [3.8, 4) is 5.88 Å². The van der Waals surface area contributed by atoms with Crippen LogP contribution in [0.25, 0.3) is 10.8 Å². The predicted molar refractivity (Wildman–Crippen MR) is 74.3 cm³/mol. The molecule has 0 saturated heterocycles. The Bertz CT molecular complexity index is 747. The molecule has 0 spiro atoms. The van der Waals surface area contributed by atoms with Crippen molar-refractivity contribution in [2.75, 3.05) is 6.61 Å². The zero-order valence-corrected chi connectivity index (χ0v) is 11.4. The highest BCUT2D eigenvalue weighted by Crippen LogP contribution is 2.30. The van der Waals surface area contributed by atoms with Gasteiger partial charge in [-0.3, -0.25) is 9.36 Å². The number of benzene rings is 1. The van der Waals surface area contributed by atoms with Gasteiger partial charge in [-0.2, -0.15) is 0 Å². The molecule has 0 radical (unpaired) electrons. The van der Waals surface area contributed by atoms with Crippen LogP contribution in [0, 0.1) is 0 Å². The minimum atomic E-state index is -0.457. The average Bonchev–Trinajstić information content (AvgIpc) is 2.81. The summed E-state index contributed by atoms with van der Waals surface area (Å²) in [6.45, 7) is 4.34. The van der Waals surface area contributed by atoms with Gasteiger partial charge in [0.25, 0.3) is 5.56 Å². The van der Waals surface area contributed by atoms with E-state index in [-0.39, 0.29) is 18.3 Å². The molecule has 0 aliphatic carbocycles. The Kier molecular flexibility index (Phi) is 2.97. The molecule has 0 amide bonds. The smallest absolute Gasteiger partial charge is 0.344 e. The minimum absolute atomic E-state index is 0.131. The van der Waals surface area contributed by atoms with Crippen LogP contribution in [0.1, 0.15) is 24.2 Å². The lowest BCUT2D eigenvalue weighted by molar-refractivity contribution is 0.0523. The van der Waals surface area contributed by atoms with Crippen LogP contribution in [-0.4, -0.2) is 23.2 Å². The Labute approximate surface area is 115 Å². The van der Waals surface area contributed by atoms with Crippen molar-refractivity contribution in [1.29, 1.82) is 0 Å². The number of carbonyl (C=O) groups excluding carboxylic acids is 1. The van der Waals surface area contributed by atoms with E-state index in [1.54, 1.807) is 31.2 Å². The number of ether oxygens (including phenoxy) is 2. The van der Waals surface area contributed by atoms with Gasteiger partial charge in [0.15, 0.2) is 0 Å². The van der Waals surface area contributed by atoms with Crippen molar-refractivity contribution < 1.29 is 14.3 Å². The fourth-order valence-corrected chi connectivity index (χ4v) is 2.55. The summed E-state index contributed by atoms with van der Waals surface area (Å²) in [5.41, 5.74) is 0.208. The summed E-state index contributed by atoms with van der Waals surface area (Å²) in [5.74, 6) is -0.138. The van der Waals surface area contributed by atoms with Gasteiger partial charge < -0.3 is 9.47 Å². The molecule has 1 aliphatic rings. The van der Waals surface area contributed by atoms with Gasteiger partial charge in [0.05, 0.1) is 13.2 Å². The van der Waals surface area contributed by atoms with E-state index in [2.05, 4.69) is 0 Å². The van der Waals surface area contributed by atoms with Crippen LogP contribution < -0.4 is 10.3 Å². The van der Waals surface area contributed by atoms with Crippen molar-refractivity contribution in [3.05, 3.63) is 40.2 Å². The first kappa shape index (κ1) is 12.7. The number of esters is 1. The van der Waals surface area contributed by atoms with Crippen molar-refractivity contribution >= 4 is 16.7 Å². The van der Waals surface area contributed by atoms with Gasteiger partial charge in [-0.25, -0.2) is 4.79 Å². The molecule has 0 unspecified atom stereocenters. The Balaban J connectivity index is 2.37. The normalized spacial score (nSPS) is 16.8. The zero-order chi connectivity index (χ0) is 14.3. The molecule has 5 heteroatoms. The zero-order valence-electron chi connectivity index (χ0n) is 11.4. The monoisotopic (exact) mass is 273 g/mol. The second-order valence-electron chi connectivity index (χ2n) is 4.79. The standard InChI is InChI=1S/C15H15NO4/c1-3-19-15(18)12-10-6-4-5-7-11(10)13(17)16-8-9(2)20-14(12)16/h4-7,9H,3,8H2,1-2H3/t9-/m1/s1. The molecule has 0 bridgehead atoms. The third-order valence-electron chi connectivity index (χ3n) is 3.36. The lowest BCUT2D eigenvalue weighted by Gasteiger charge is -2.11. The van der Waals surface area contributed by atoms with Gasteiger partial charge in [-0.1, -0.05) is 18.2 Å². The van der Waals surface area contributed by atoms with E-state index in [0.29, 0.717) is 28.8 Å². The quantitative estimate of drug-likeness (QED) is 0.785. The van der Waals surface area contributed by atoms with E-state index >= 15 is 0 Å². The van der Waals surface area contributed by atoms with E-state index in [0.717, 1.165) is 0 Å². The fraction of sp³-hybridized carbons (Fsp3) is 0.333. The maximum absolute atomic E-state index is 12.4. The first-order chi connectivity index (χ1) is 9.63. The number of hydrogen-bond acceptors (Lipinski definition) is 4. The molecular formula is C15H15NO4. The van der Waals surface area contributed by atoms with E-state index in [9.17, 15) is 9.59 Å². The number of nitrogens with zero attached hydrogens (tertiary/aromatic N) is 1. The van der Waals surface area contributed by atoms with Crippen molar-refractivity contribution in [1.82, 2.24) is 4.57 Å². The highest BCUT2D eigenvalue weighted by Gasteiger charge is 2.30. The maximum atomic E-state index is 12.4. The molecule has 1 atom stereocenters. The Morgan fingerprint density at radius 3 is 2.80 bits per heavy atom. The topological polar surface area (TPSA) is 57.5 Å². The Morgan fingerprint density at radius 2 is 2.10 bits per heavy atom. The number of rotatable bonds is 2. The molecule has 1 aliphatic heterocycles. The average molecular weight is 273 g/mol. The minimum Gasteiger partial charge on any atom is -0.473 e. The van der Waals surface area contributed by atoms with Crippen LogP contribution in [0.3, 0.4) is 0 Å². The number of carbonyl (C=O) groups is 1. The second kappa shape index (κ2) is 4.67. The molecule has 20 heavy (non-hydrogen) atoms. The SMILES string of the molecule is CCOC(=O)c1c2n(c(=O)c3ccccc13)C[C@@H](C)O2. The highest BCUT2D eigenvalue weighted by atomic mass is 16.5. The third kappa shape index (κ3) is 1.78. The summed E-state index contributed by atoms with van der Waals surface area (Å²) in [6.07, 6.45) is -0.132. The molecular weight excluding hydrogens is 258 g/mol. The van der Waals surface area contributed by atoms with Crippen LogP contribution in [0.5, 0.6) is 5.88 Å². The highest BCUT2D eigenvalue weighted by molar-refractivity contribution is 6.06. The van der Waals surface area contributed by atoms with Crippen molar-refractivity contribution in [2.45, 2.75) is 26.5 Å². The van der Waals surface area contributed by atoms with Gasteiger partial charge in [0.1, 0.15) is 11.7 Å². The number of fused-ring (bicyclic) bond motifs is 2. The summed E-state index contributed by atoms with van der Waals surface area (Å²) in [6, 6.07) is 7.04. The molecule has 2 heterocycles. The molecule has 0 N–H and O–H groups in total. The number of pyridine rings is 1. The molecule has 2 aromatic rings. The lowest BCUT2D eigenvalue weighted by Crippen LogP contribution is -2.21. The van der Waals surface area contributed by atoms with Gasteiger partial charge in [0, 0.05) is 10.8 Å².